The van der Waals surface area contributed by atoms with Gasteiger partial charge in [-0.2, -0.15) is 0 Å². The number of rotatable bonds is 3. The minimum atomic E-state index is -0.370. The molecule has 2 fully saturated rings. The molecule has 4 nitrogen and oxygen atoms in total. The molecule has 1 aromatic carbocycles. The summed E-state index contributed by atoms with van der Waals surface area (Å²) in [6.07, 6.45) is 3.81. The second-order valence-electron chi connectivity index (χ2n) is 6.70. The molecule has 1 heterocycles. The van der Waals surface area contributed by atoms with E-state index in [2.05, 4.69) is 19.2 Å². The van der Waals surface area contributed by atoms with Crippen molar-refractivity contribution >= 4 is 17.5 Å². The molecule has 22 heavy (non-hydrogen) atoms. The van der Waals surface area contributed by atoms with Crippen LogP contribution in [0.5, 0.6) is 0 Å². The lowest BCUT2D eigenvalue weighted by molar-refractivity contribution is -0.121. The zero-order valence-electron chi connectivity index (χ0n) is 13.3. The molecule has 2 aliphatic rings. The number of carbonyl (C=O) groups excluding carboxylic acids is 2. The van der Waals surface area contributed by atoms with E-state index in [1.807, 2.05) is 30.3 Å². The highest BCUT2D eigenvalue weighted by Gasteiger charge is 2.41. The fourth-order valence-corrected chi connectivity index (χ4v) is 3.69. The maximum atomic E-state index is 12.6. The van der Waals surface area contributed by atoms with Gasteiger partial charge in [0.25, 0.3) is 5.91 Å². The highest BCUT2D eigenvalue weighted by atomic mass is 16.2. The Balaban J connectivity index is 1.72. The number of hydrogen-bond acceptors (Lipinski definition) is 3. The van der Waals surface area contributed by atoms with E-state index >= 15 is 0 Å². The zero-order valence-corrected chi connectivity index (χ0v) is 13.3. The van der Waals surface area contributed by atoms with Gasteiger partial charge in [-0.15, -0.1) is 0 Å². The number of amides is 2. The van der Waals surface area contributed by atoms with E-state index in [0.29, 0.717) is 23.6 Å². The van der Waals surface area contributed by atoms with Crippen molar-refractivity contribution in [3.63, 3.8) is 0 Å². The Hall–Kier alpha value is -1.68. The lowest BCUT2D eigenvalue weighted by atomic mass is 9.78. The summed E-state index contributed by atoms with van der Waals surface area (Å²) >= 11 is 0. The van der Waals surface area contributed by atoms with E-state index in [9.17, 15) is 9.59 Å². The van der Waals surface area contributed by atoms with Crippen LogP contribution in [0.15, 0.2) is 30.3 Å². The lowest BCUT2D eigenvalue weighted by Crippen LogP contribution is -2.48. The minimum Gasteiger partial charge on any atom is -0.302 e. The van der Waals surface area contributed by atoms with Crippen LogP contribution in [0.1, 0.15) is 39.5 Å². The number of nitrogens with one attached hydrogen (secondary N) is 1. The van der Waals surface area contributed by atoms with Crippen molar-refractivity contribution in [3.8, 4) is 0 Å². The molecule has 1 saturated carbocycles. The summed E-state index contributed by atoms with van der Waals surface area (Å²) in [7, 11) is 0. The van der Waals surface area contributed by atoms with E-state index < -0.39 is 0 Å². The Morgan fingerprint density at radius 2 is 1.82 bits per heavy atom. The minimum absolute atomic E-state index is 0.106. The Kier molecular flexibility index (Phi) is 4.30. The molecular weight excluding hydrogens is 276 g/mol. The number of imide groups is 1. The van der Waals surface area contributed by atoms with Crippen molar-refractivity contribution in [2.24, 2.45) is 11.8 Å². The molecule has 4 heteroatoms. The summed E-state index contributed by atoms with van der Waals surface area (Å²) in [6.45, 7) is 4.52. The first-order valence-corrected chi connectivity index (χ1v) is 8.26. The van der Waals surface area contributed by atoms with Gasteiger partial charge in [-0.3, -0.25) is 9.59 Å². The van der Waals surface area contributed by atoms with E-state index in [1.54, 1.807) is 0 Å². The highest BCUT2D eigenvalue weighted by Crippen LogP contribution is 2.31. The molecule has 1 N–H and O–H groups in total. The quantitative estimate of drug-likeness (QED) is 0.873. The number of carbonyl (C=O) groups is 2. The van der Waals surface area contributed by atoms with Crippen LogP contribution in [0, 0.1) is 11.8 Å². The van der Waals surface area contributed by atoms with E-state index in [4.69, 9.17) is 0 Å². The first-order valence-electron chi connectivity index (χ1n) is 8.26. The molecule has 0 spiro atoms. The summed E-state index contributed by atoms with van der Waals surface area (Å²) in [4.78, 5) is 26.2. The smallest absolute Gasteiger partial charge is 0.251 e. The van der Waals surface area contributed by atoms with Crippen molar-refractivity contribution in [3.05, 3.63) is 30.3 Å². The van der Waals surface area contributed by atoms with Crippen LogP contribution in [0.25, 0.3) is 0 Å². The predicted octanol–water partition coefficient (Wildman–Crippen LogP) is 2.73. The second-order valence-corrected chi connectivity index (χ2v) is 6.70. The first kappa shape index (κ1) is 15.2. The van der Waals surface area contributed by atoms with Crippen LogP contribution >= 0.6 is 0 Å². The SMILES string of the molecule is CC1CCCC(NC2CC(=O)N(c3ccccc3)C2=O)C1C. The number of nitrogens with zero attached hydrogens (tertiary/aromatic N) is 1. The molecule has 3 rings (SSSR count). The van der Waals surface area contributed by atoms with Crippen LogP contribution in [0.3, 0.4) is 0 Å². The first-order chi connectivity index (χ1) is 10.6. The van der Waals surface area contributed by atoms with Crippen molar-refractivity contribution in [2.45, 2.75) is 51.6 Å². The molecule has 118 valence electrons. The number of anilines is 1. The lowest BCUT2D eigenvalue weighted by Gasteiger charge is -2.36. The number of para-hydroxylation sites is 1. The summed E-state index contributed by atoms with van der Waals surface area (Å²) < 4.78 is 0. The Morgan fingerprint density at radius 3 is 2.55 bits per heavy atom. The van der Waals surface area contributed by atoms with Gasteiger partial charge >= 0.3 is 0 Å². The van der Waals surface area contributed by atoms with Crippen molar-refractivity contribution in [2.75, 3.05) is 4.90 Å². The predicted molar refractivity (Wildman–Crippen MR) is 86.4 cm³/mol. The van der Waals surface area contributed by atoms with Gasteiger partial charge in [0, 0.05) is 6.04 Å². The van der Waals surface area contributed by atoms with Gasteiger partial charge in [0.1, 0.15) is 0 Å². The van der Waals surface area contributed by atoms with Crippen molar-refractivity contribution in [1.82, 2.24) is 5.32 Å². The molecule has 1 aliphatic heterocycles. The number of benzene rings is 1. The maximum absolute atomic E-state index is 12.6. The van der Waals surface area contributed by atoms with Crippen LogP contribution in [-0.4, -0.2) is 23.9 Å². The highest BCUT2D eigenvalue weighted by molar-refractivity contribution is 6.22. The molecule has 4 atom stereocenters. The van der Waals surface area contributed by atoms with Gasteiger partial charge in [-0.25, -0.2) is 4.90 Å². The average Bonchev–Trinajstić information content (AvgIpc) is 2.79. The third kappa shape index (κ3) is 2.80. The van der Waals surface area contributed by atoms with Gasteiger partial charge in [-0.1, -0.05) is 44.9 Å². The molecule has 0 bridgehead atoms. The van der Waals surface area contributed by atoms with Crippen LogP contribution in [0.4, 0.5) is 5.69 Å². The normalized spacial score (nSPS) is 32.5. The molecule has 1 aromatic rings. The van der Waals surface area contributed by atoms with E-state index in [1.165, 1.54) is 17.7 Å². The summed E-state index contributed by atoms with van der Waals surface area (Å²) in [5.74, 6) is 0.998. The van der Waals surface area contributed by atoms with Crippen LogP contribution in [-0.2, 0) is 9.59 Å². The molecule has 0 aromatic heterocycles. The van der Waals surface area contributed by atoms with Gasteiger partial charge in [0.15, 0.2) is 0 Å². The molecule has 2 amide bonds. The third-order valence-corrected chi connectivity index (χ3v) is 5.28. The maximum Gasteiger partial charge on any atom is 0.251 e. The third-order valence-electron chi connectivity index (χ3n) is 5.28. The largest absolute Gasteiger partial charge is 0.302 e. The van der Waals surface area contributed by atoms with E-state index in [0.717, 1.165) is 6.42 Å². The molecule has 0 radical (unpaired) electrons. The van der Waals surface area contributed by atoms with Gasteiger partial charge in [0.05, 0.1) is 18.2 Å². The zero-order chi connectivity index (χ0) is 15.7. The van der Waals surface area contributed by atoms with E-state index in [-0.39, 0.29) is 24.3 Å². The second kappa shape index (κ2) is 6.21. The average molecular weight is 300 g/mol. The molecule has 4 unspecified atom stereocenters. The van der Waals surface area contributed by atoms with Gasteiger partial charge < -0.3 is 5.32 Å². The van der Waals surface area contributed by atoms with Gasteiger partial charge in [-0.05, 0) is 30.4 Å². The summed E-state index contributed by atoms with van der Waals surface area (Å²) in [5, 5.41) is 3.47. The number of hydrogen-bond donors (Lipinski definition) is 1. The Bertz CT molecular complexity index is 557. The molecular formula is C18H24N2O2. The summed E-state index contributed by atoms with van der Waals surface area (Å²) in [6, 6.07) is 9.16. The monoisotopic (exact) mass is 300 g/mol. The van der Waals surface area contributed by atoms with Crippen molar-refractivity contribution in [1.29, 1.82) is 0 Å². The topological polar surface area (TPSA) is 49.4 Å². The fraction of sp³-hybridized carbons (Fsp3) is 0.556. The molecule has 1 aliphatic carbocycles. The van der Waals surface area contributed by atoms with Crippen molar-refractivity contribution < 1.29 is 9.59 Å². The standard InChI is InChI=1S/C18H24N2O2/c1-12-7-6-10-15(13(12)2)19-16-11-17(21)20(18(16)22)14-8-4-3-5-9-14/h3-5,8-9,12-13,15-16,19H,6-7,10-11H2,1-2H3. The van der Waals surface area contributed by atoms with Crippen LogP contribution in [0.2, 0.25) is 0 Å². The summed E-state index contributed by atoms with van der Waals surface area (Å²) in [5.41, 5.74) is 0.673. The Labute approximate surface area is 131 Å². The fourth-order valence-electron chi connectivity index (χ4n) is 3.69. The molecule has 1 saturated heterocycles. The Morgan fingerprint density at radius 1 is 1.09 bits per heavy atom. The van der Waals surface area contributed by atoms with Crippen LogP contribution < -0.4 is 10.2 Å². The van der Waals surface area contributed by atoms with Gasteiger partial charge in [0.2, 0.25) is 5.91 Å².